The van der Waals surface area contributed by atoms with Crippen molar-refractivity contribution in [1.82, 2.24) is 15.5 Å². The summed E-state index contributed by atoms with van der Waals surface area (Å²) in [6.45, 7) is 1.38. The Bertz CT molecular complexity index is 938. The molecule has 1 aliphatic rings. The van der Waals surface area contributed by atoms with Gasteiger partial charge in [-0.25, -0.2) is 4.79 Å². The number of fused-ring (bicyclic) bond motifs is 1. The molecule has 3 amide bonds. The molecule has 0 bridgehead atoms. The van der Waals surface area contributed by atoms with Gasteiger partial charge in [0.15, 0.2) is 0 Å². The fourth-order valence-corrected chi connectivity index (χ4v) is 5.27. The molecule has 3 heterocycles. The van der Waals surface area contributed by atoms with Gasteiger partial charge < -0.3 is 5.32 Å². The Kier molecular flexibility index (Phi) is 5.85. The first-order valence-electron chi connectivity index (χ1n) is 9.16. The maximum Gasteiger partial charge on any atom is 0.321 e. The summed E-state index contributed by atoms with van der Waals surface area (Å²) in [7, 11) is 0. The summed E-state index contributed by atoms with van der Waals surface area (Å²) < 4.78 is 0. The van der Waals surface area contributed by atoms with E-state index >= 15 is 0 Å². The van der Waals surface area contributed by atoms with E-state index in [4.69, 9.17) is 0 Å². The lowest BCUT2D eigenvalue weighted by atomic mass is 9.98. The van der Waals surface area contributed by atoms with E-state index in [-0.39, 0.29) is 18.5 Å². The Balaban J connectivity index is 1.37. The average Bonchev–Trinajstić information content (AvgIpc) is 3.39. The first kappa shape index (κ1) is 18.9. The molecule has 7 heteroatoms. The topological polar surface area (TPSA) is 61.4 Å². The summed E-state index contributed by atoms with van der Waals surface area (Å²) in [5.41, 5.74) is 2.27. The van der Waals surface area contributed by atoms with Crippen LogP contribution in [0.5, 0.6) is 0 Å². The van der Waals surface area contributed by atoms with Crippen LogP contribution in [0.2, 0.25) is 0 Å². The van der Waals surface area contributed by atoms with Gasteiger partial charge in [-0.2, -0.15) is 0 Å². The Labute approximate surface area is 172 Å². The zero-order valence-corrected chi connectivity index (χ0v) is 16.9. The first-order valence-corrected chi connectivity index (χ1v) is 10.9. The average molecular weight is 412 g/mol. The highest BCUT2D eigenvalue weighted by Crippen LogP contribution is 2.39. The van der Waals surface area contributed by atoms with E-state index in [2.05, 4.69) is 38.4 Å². The molecule has 28 heavy (non-hydrogen) atoms. The van der Waals surface area contributed by atoms with Gasteiger partial charge in [0.2, 0.25) is 5.91 Å². The number of hydrogen-bond donors (Lipinski definition) is 2. The molecule has 5 nitrogen and oxygen atoms in total. The molecule has 0 aliphatic carbocycles. The fraction of sp³-hybridized carbons (Fsp3) is 0.238. The highest BCUT2D eigenvalue weighted by atomic mass is 32.1. The van der Waals surface area contributed by atoms with Gasteiger partial charge in [0.05, 0.1) is 12.6 Å². The molecular weight excluding hydrogens is 390 g/mol. The zero-order chi connectivity index (χ0) is 19.3. The molecule has 0 fully saturated rings. The molecule has 1 aliphatic heterocycles. The molecule has 0 radical (unpaired) electrons. The van der Waals surface area contributed by atoms with Crippen molar-refractivity contribution >= 4 is 34.6 Å². The fourth-order valence-electron chi connectivity index (χ4n) is 3.49. The van der Waals surface area contributed by atoms with Gasteiger partial charge in [0.1, 0.15) is 0 Å². The molecule has 2 aromatic heterocycles. The van der Waals surface area contributed by atoms with Gasteiger partial charge in [-0.05, 0) is 40.4 Å². The van der Waals surface area contributed by atoms with E-state index in [0.29, 0.717) is 6.54 Å². The van der Waals surface area contributed by atoms with Crippen molar-refractivity contribution in [3.63, 3.8) is 0 Å². The van der Waals surface area contributed by atoms with E-state index in [9.17, 15) is 9.59 Å². The summed E-state index contributed by atoms with van der Waals surface area (Å²) in [5, 5.41) is 9.37. The van der Waals surface area contributed by atoms with Crippen molar-refractivity contribution in [3.8, 4) is 0 Å². The summed E-state index contributed by atoms with van der Waals surface area (Å²) in [6.07, 6.45) is 0.933. The van der Waals surface area contributed by atoms with Crippen molar-refractivity contribution < 1.29 is 9.59 Å². The number of thiophene rings is 2. The molecule has 0 spiro atoms. The maximum absolute atomic E-state index is 12.5. The summed E-state index contributed by atoms with van der Waals surface area (Å²) in [5.74, 6) is -0.286. The SMILES string of the molecule is O=C(CN1CCc2sccc2C1c1cccs1)NC(=O)NCc1ccccc1. The highest BCUT2D eigenvalue weighted by molar-refractivity contribution is 7.10. The van der Waals surface area contributed by atoms with Gasteiger partial charge in [-0.1, -0.05) is 36.4 Å². The standard InChI is InChI=1S/C21H21N3O2S2/c25-19(23-21(26)22-13-15-5-2-1-3-6-15)14-24-10-8-17-16(9-12-28-17)20(24)18-7-4-11-27-18/h1-7,9,11-12,20H,8,10,13-14H2,(H2,22,23,25,26). The van der Waals surface area contributed by atoms with Crippen LogP contribution in [0, 0.1) is 0 Å². The van der Waals surface area contributed by atoms with E-state index in [1.807, 2.05) is 36.4 Å². The number of nitrogens with zero attached hydrogens (tertiary/aromatic N) is 1. The van der Waals surface area contributed by atoms with Crippen LogP contribution in [0.25, 0.3) is 0 Å². The summed E-state index contributed by atoms with van der Waals surface area (Å²) >= 11 is 3.47. The number of amides is 3. The second-order valence-corrected chi connectivity index (χ2v) is 8.63. The van der Waals surface area contributed by atoms with Crippen molar-refractivity contribution in [2.45, 2.75) is 19.0 Å². The molecule has 1 atom stereocenters. The van der Waals surface area contributed by atoms with Crippen molar-refractivity contribution in [3.05, 3.63) is 80.2 Å². The third-order valence-corrected chi connectivity index (χ3v) is 6.70. The number of benzene rings is 1. The minimum Gasteiger partial charge on any atom is -0.334 e. The lowest BCUT2D eigenvalue weighted by molar-refractivity contribution is -0.121. The Hall–Kier alpha value is -2.48. The lowest BCUT2D eigenvalue weighted by Gasteiger charge is -2.34. The smallest absolute Gasteiger partial charge is 0.321 e. The van der Waals surface area contributed by atoms with Crippen molar-refractivity contribution in [1.29, 1.82) is 0 Å². The second-order valence-electron chi connectivity index (χ2n) is 6.65. The van der Waals surface area contributed by atoms with Crippen molar-refractivity contribution in [2.75, 3.05) is 13.1 Å². The van der Waals surface area contributed by atoms with Crippen LogP contribution in [0.4, 0.5) is 4.79 Å². The Morgan fingerprint density at radius 2 is 1.89 bits per heavy atom. The molecule has 0 saturated carbocycles. The molecule has 144 valence electrons. The summed E-state index contributed by atoms with van der Waals surface area (Å²) in [6, 6.07) is 15.5. The lowest BCUT2D eigenvalue weighted by Crippen LogP contribution is -2.46. The van der Waals surface area contributed by atoms with E-state index in [1.165, 1.54) is 15.3 Å². The number of nitrogens with one attached hydrogen (secondary N) is 2. The van der Waals surface area contributed by atoms with Crippen molar-refractivity contribution in [2.24, 2.45) is 0 Å². The van der Waals surface area contributed by atoms with Gasteiger partial charge >= 0.3 is 6.03 Å². The highest BCUT2D eigenvalue weighted by Gasteiger charge is 2.31. The van der Waals surface area contributed by atoms with Crippen LogP contribution >= 0.6 is 22.7 Å². The Morgan fingerprint density at radius 3 is 2.68 bits per heavy atom. The van der Waals surface area contributed by atoms with E-state index in [0.717, 1.165) is 18.5 Å². The predicted molar refractivity (Wildman–Crippen MR) is 113 cm³/mol. The van der Waals surface area contributed by atoms with Gasteiger partial charge in [0, 0.05) is 22.8 Å². The van der Waals surface area contributed by atoms with Gasteiger partial charge in [-0.15, -0.1) is 22.7 Å². The summed E-state index contributed by atoms with van der Waals surface area (Å²) in [4.78, 5) is 29.3. The number of carbonyl (C=O) groups excluding carboxylic acids is 2. The number of rotatable bonds is 5. The third-order valence-electron chi connectivity index (χ3n) is 4.77. The third kappa shape index (κ3) is 4.32. The molecule has 3 aromatic rings. The normalized spacial score (nSPS) is 16.4. The van der Waals surface area contributed by atoms with Crippen LogP contribution in [0.15, 0.2) is 59.3 Å². The quantitative estimate of drug-likeness (QED) is 0.672. The van der Waals surface area contributed by atoms with Gasteiger partial charge in [0.25, 0.3) is 0 Å². The largest absolute Gasteiger partial charge is 0.334 e. The molecule has 1 aromatic carbocycles. The molecule has 1 unspecified atom stereocenters. The van der Waals surface area contributed by atoms with E-state index in [1.54, 1.807) is 22.7 Å². The number of hydrogen-bond acceptors (Lipinski definition) is 5. The minimum atomic E-state index is -0.463. The number of urea groups is 1. The maximum atomic E-state index is 12.5. The van der Waals surface area contributed by atoms with Crippen LogP contribution in [-0.4, -0.2) is 29.9 Å². The number of carbonyl (C=O) groups is 2. The first-order chi connectivity index (χ1) is 13.7. The van der Waals surface area contributed by atoms with Crippen LogP contribution in [-0.2, 0) is 17.8 Å². The molecule has 0 saturated heterocycles. The van der Waals surface area contributed by atoms with Gasteiger partial charge in [-0.3, -0.25) is 15.0 Å². The van der Waals surface area contributed by atoms with Crippen LogP contribution in [0.3, 0.4) is 0 Å². The number of imide groups is 1. The minimum absolute atomic E-state index is 0.0770. The van der Waals surface area contributed by atoms with E-state index < -0.39 is 6.03 Å². The second kappa shape index (κ2) is 8.68. The zero-order valence-electron chi connectivity index (χ0n) is 15.3. The molecular formula is C21H21N3O2S2. The van der Waals surface area contributed by atoms with Crippen LogP contribution < -0.4 is 10.6 Å². The molecule has 4 rings (SSSR count). The molecule has 2 N–H and O–H groups in total. The Morgan fingerprint density at radius 1 is 1.04 bits per heavy atom. The predicted octanol–water partition coefficient (Wildman–Crippen LogP) is 3.78. The monoisotopic (exact) mass is 411 g/mol. The van der Waals surface area contributed by atoms with Crippen LogP contribution in [0.1, 0.15) is 26.9 Å².